The average molecular weight is 328 g/mol. The van der Waals surface area contributed by atoms with E-state index in [0.717, 1.165) is 6.42 Å². The van der Waals surface area contributed by atoms with Crippen LogP contribution in [-0.4, -0.2) is 31.5 Å². The highest BCUT2D eigenvalue weighted by atomic mass is 35.5. The summed E-state index contributed by atoms with van der Waals surface area (Å²) >= 11 is 0. The summed E-state index contributed by atoms with van der Waals surface area (Å²) in [4.78, 5) is 25.2. The van der Waals surface area contributed by atoms with Crippen molar-refractivity contribution in [1.29, 1.82) is 0 Å². The lowest BCUT2D eigenvalue weighted by Crippen LogP contribution is -2.40. The van der Waals surface area contributed by atoms with E-state index in [1.54, 1.807) is 25.2 Å². The molecule has 7 heteroatoms. The topological polar surface area (TPSA) is 84.7 Å². The molecule has 1 aromatic carbocycles. The second-order valence-electron chi connectivity index (χ2n) is 5.32. The lowest BCUT2D eigenvalue weighted by atomic mass is 9.99. The fourth-order valence-electron chi connectivity index (χ4n) is 2.09. The minimum atomic E-state index is -0.554. The van der Waals surface area contributed by atoms with Crippen molar-refractivity contribution in [1.82, 2.24) is 0 Å². The first-order valence-electron chi connectivity index (χ1n) is 7.04. The first kappa shape index (κ1) is 18.3. The number of nitrogens with zero attached hydrogens (tertiary/aromatic N) is 1. The number of carbonyl (C=O) groups is 2. The largest absolute Gasteiger partial charge is 0.482 e. The zero-order valence-electron chi connectivity index (χ0n) is 13.0. The second kappa shape index (κ2) is 7.47. The van der Waals surface area contributed by atoms with Crippen LogP contribution in [0.5, 0.6) is 5.75 Å². The summed E-state index contributed by atoms with van der Waals surface area (Å²) in [5.74, 6) is 0.383. The third kappa shape index (κ3) is 3.69. The Morgan fingerprint density at radius 1 is 1.50 bits per heavy atom. The molecule has 0 aromatic heterocycles. The smallest absolute Gasteiger partial charge is 0.264 e. The normalized spacial score (nSPS) is 16.0. The molecule has 0 saturated heterocycles. The van der Waals surface area contributed by atoms with Gasteiger partial charge in [-0.3, -0.25) is 9.59 Å². The number of amides is 2. The maximum Gasteiger partial charge on any atom is 0.264 e. The van der Waals surface area contributed by atoms with Crippen LogP contribution >= 0.6 is 12.4 Å². The van der Waals surface area contributed by atoms with Gasteiger partial charge in [0.15, 0.2) is 6.61 Å². The van der Waals surface area contributed by atoms with Crippen LogP contribution in [0.1, 0.15) is 20.3 Å². The highest BCUT2D eigenvalue weighted by molar-refractivity contribution is 6.00. The molecule has 2 atom stereocenters. The van der Waals surface area contributed by atoms with Crippen molar-refractivity contribution in [3.05, 3.63) is 18.2 Å². The molecule has 1 aliphatic rings. The van der Waals surface area contributed by atoms with Crippen LogP contribution in [-0.2, 0) is 9.59 Å². The Labute approximate surface area is 136 Å². The van der Waals surface area contributed by atoms with Crippen LogP contribution < -0.4 is 20.7 Å². The summed E-state index contributed by atoms with van der Waals surface area (Å²) in [7, 11) is 1.68. The molecule has 3 N–H and O–H groups in total. The van der Waals surface area contributed by atoms with E-state index in [0.29, 0.717) is 17.1 Å². The van der Waals surface area contributed by atoms with Crippen molar-refractivity contribution in [3.63, 3.8) is 0 Å². The van der Waals surface area contributed by atoms with Crippen molar-refractivity contribution >= 4 is 35.6 Å². The molecule has 122 valence electrons. The van der Waals surface area contributed by atoms with E-state index < -0.39 is 6.04 Å². The highest BCUT2D eigenvalue weighted by Gasteiger charge is 2.24. The Kier molecular flexibility index (Phi) is 6.20. The molecule has 2 unspecified atom stereocenters. The number of likely N-dealkylation sites (N-methyl/N-ethyl adjacent to an activating group) is 1. The highest BCUT2D eigenvalue weighted by Crippen LogP contribution is 2.33. The first-order valence-corrected chi connectivity index (χ1v) is 7.04. The quantitative estimate of drug-likeness (QED) is 0.882. The van der Waals surface area contributed by atoms with Gasteiger partial charge in [-0.1, -0.05) is 20.3 Å². The Hall–Kier alpha value is -1.79. The molecular weight excluding hydrogens is 306 g/mol. The van der Waals surface area contributed by atoms with Crippen molar-refractivity contribution < 1.29 is 14.3 Å². The average Bonchev–Trinajstić information content (AvgIpc) is 2.49. The van der Waals surface area contributed by atoms with Crippen molar-refractivity contribution in [2.45, 2.75) is 26.3 Å². The van der Waals surface area contributed by atoms with Gasteiger partial charge in [-0.05, 0) is 24.1 Å². The predicted molar refractivity (Wildman–Crippen MR) is 88.7 cm³/mol. The van der Waals surface area contributed by atoms with Gasteiger partial charge in [0.25, 0.3) is 5.91 Å². The van der Waals surface area contributed by atoms with E-state index in [2.05, 4.69) is 5.32 Å². The van der Waals surface area contributed by atoms with E-state index in [1.807, 2.05) is 13.8 Å². The van der Waals surface area contributed by atoms with E-state index in [-0.39, 0.29) is 36.7 Å². The van der Waals surface area contributed by atoms with Crippen molar-refractivity contribution in [2.24, 2.45) is 11.7 Å². The number of nitrogens with one attached hydrogen (secondary N) is 1. The number of ether oxygens (including phenoxy) is 1. The molecule has 0 aliphatic carbocycles. The van der Waals surface area contributed by atoms with E-state index >= 15 is 0 Å². The third-order valence-corrected chi connectivity index (χ3v) is 3.87. The number of hydrogen-bond donors (Lipinski definition) is 2. The fraction of sp³-hybridized carbons (Fsp3) is 0.467. The van der Waals surface area contributed by atoms with Gasteiger partial charge in [-0.2, -0.15) is 0 Å². The molecule has 0 fully saturated rings. The van der Waals surface area contributed by atoms with Gasteiger partial charge in [-0.15, -0.1) is 12.4 Å². The van der Waals surface area contributed by atoms with Gasteiger partial charge in [0, 0.05) is 12.7 Å². The molecule has 1 aromatic rings. The van der Waals surface area contributed by atoms with Gasteiger partial charge in [0.05, 0.1) is 11.7 Å². The Morgan fingerprint density at radius 3 is 2.82 bits per heavy atom. The first-order chi connectivity index (χ1) is 9.93. The van der Waals surface area contributed by atoms with Crippen LogP contribution in [0.4, 0.5) is 11.4 Å². The lowest BCUT2D eigenvalue weighted by Gasteiger charge is -2.26. The minimum Gasteiger partial charge on any atom is -0.482 e. The van der Waals surface area contributed by atoms with Gasteiger partial charge in [-0.25, -0.2) is 0 Å². The fourth-order valence-corrected chi connectivity index (χ4v) is 2.09. The number of halogens is 1. The van der Waals surface area contributed by atoms with Crippen molar-refractivity contribution in [3.8, 4) is 5.75 Å². The summed E-state index contributed by atoms with van der Waals surface area (Å²) in [6, 6.07) is 4.64. The lowest BCUT2D eigenvalue weighted by molar-refractivity contribution is -0.121. The number of anilines is 2. The van der Waals surface area contributed by atoms with Gasteiger partial charge in [0.1, 0.15) is 5.75 Å². The number of fused-ring (bicyclic) bond motifs is 1. The van der Waals surface area contributed by atoms with E-state index in [1.165, 1.54) is 4.90 Å². The summed E-state index contributed by atoms with van der Waals surface area (Å²) in [5.41, 5.74) is 7.14. The van der Waals surface area contributed by atoms with Gasteiger partial charge in [0.2, 0.25) is 5.91 Å². The minimum absolute atomic E-state index is 0. The van der Waals surface area contributed by atoms with Crippen molar-refractivity contribution in [2.75, 3.05) is 23.9 Å². The SMILES string of the molecule is CCC(C)C(N)C(=O)Nc1ccc2c(c1)N(C)C(=O)CO2.Cl. The van der Waals surface area contributed by atoms with Gasteiger partial charge >= 0.3 is 0 Å². The molecule has 0 spiro atoms. The molecule has 1 aliphatic heterocycles. The zero-order chi connectivity index (χ0) is 15.6. The molecule has 2 amide bonds. The standard InChI is InChI=1S/C15H21N3O3.ClH/c1-4-9(2)14(16)15(20)17-10-5-6-12-11(7-10)18(3)13(19)8-21-12;/h5-7,9,14H,4,8,16H2,1-3H3,(H,17,20);1H. The van der Waals surface area contributed by atoms with Crippen LogP contribution in [0.2, 0.25) is 0 Å². The Balaban J connectivity index is 0.00000242. The maximum absolute atomic E-state index is 12.1. The van der Waals surface area contributed by atoms with Crippen LogP contribution in [0, 0.1) is 5.92 Å². The molecular formula is C15H22ClN3O3. The van der Waals surface area contributed by atoms with Crippen LogP contribution in [0.3, 0.4) is 0 Å². The molecule has 0 bridgehead atoms. The van der Waals surface area contributed by atoms with Gasteiger partial charge < -0.3 is 20.7 Å². The van der Waals surface area contributed by atoms with E-state index in [9.17, 15) is 9.59 Å². The number of rotatable bonds is 4. The number of nitrogens with two attached hydrogens (primary N) is 1. The number of benzene rings is 1. The van der Waals surface area contributed by atoms with E-state index in [4.69, 9.17) is 10.5 Å². The monoisotopic (exact) mass is 327 g/mol. The summed E-state index contributed by atoms with van der Waals surface area (Å²) < 4.78 is 5.34. The molecule has 0 saturated carbocycles. The number of carbonyl (C=O) groups excluding carboxylic acids is 2. The molecule has 6 nitrogen and oxygen atoms in total. The number of hydrogen-bond acceptors (Lipinski definition) is 4. The van der Waals surface area contributed by atoms with Crippen LogP contribution in [0.25, 0.3) is 0 Å². The second-order valence-corrected chi connectivity index (χ2v) is 5.32. The predicted octanol–water partition coefficient (Wildman–Crippen LogP) is 1.78. The zero-order valence-corrected chi connectivity index (χ0v) is 13.8. The summed E-state index contributed by atoms with van der Waals surface area (Å²) in [6.07, 6.45) is 0.837. The molecule has 0 radical (unpaired) electrons. The molecule has 22 heavy (non-hydrogen) atoms. The maximum atomic E-state index is 12.1. The Bertz CT molecular complexity index is 565. The molecule has 2 rings (SSSR count). The Morgan fingerprint density at radius 2 is 2.18 bits per heavy atom. The molecule has 1 heterocycles. The summed E-state index contributed by atoms with van der Waals surface area (Å²) in [5, 5.41) is 2.78. The summed E-state index contributed by atoms with van der Waals surface area (Å²) in [6.45, 7) is 3.97. The van der Waals surface area contributed by atoms with Crippen LogP contribution in [0.15, 0.2) is 18.2 Å². The third-order valence-electron chi connectivity index (χ3n) is 3.87.